The van der Waals surface area contributed by atoms with Crippen LogP contribution in [0.1, 0.15) is 11.4 Å². The molecule has 0 radical (unpaired) electrons. The highest BCUT2D eigenvalue weighted by atomic mass is 32.2. The Morgan fingerprint density at radius 2 is 1.90 bits per heavy atom. The summed E-state index contributed by atoms with van der Waals surface area (Å²) < 4.78 is 38.5. The maximum absolute atomic E-state index is 12.2. The summed E-state index contributed by atoms with van der Waals surface area (Å²) in [6, 6.07) is 6.35. The third-order valence-electron chi connectivity index (χ3n) is 2.69. The predicted octanol–water partition coefficient (Wildman–Crippen LogP) is 3.32. The molecule has 1 heterocycles. The second-order valence-electron chi connectivity index (χ2n) is 4.25. The zero-order chi connectivity index (χ0) is 14.6. The fourth-order valence-electron chi connectivity index (χ4n) is 1.69. The highest BCUT2D eigenvalue weighted by Gasteiger charge is 2.28. The molecule has 3 nitrogen and oxygen atoms in total. The van der Waals surface area contributed by atoms with Gasteiger partial charge in [-0.2, -0.15) is 13.2 Å². The van der Waals surface area contributed by atoms with Gasteiger partial charge in [-0.25, -0.2) is 4.98 Å². The maximum atomic E-state index is 12.2. The number of hydrogen-bond acceptors (Lipinski definition) is 3. The van der Waals surface area contributed by atoms with E-state index in [0.717, 1.165) is 11.4 Å². The van der Waals surface area contributed by atoms with Crippen LogP contribution in [-0.4, -0.2) is 15.1 Å². The van der Waals surface area contributed by atoms with Crippen LogP contribution in [0.15, 0.2) is 41.6 Å². The smallest absolute Gasteiger partial charge is 0.337 e. The Balaban J connectivity index is 1.83. The molecule has 2 rings (SSSR count). The summed E-state index contributed by atoms with van der Waals surface area (Å²) in [6.45, 7) is 1.20. The topological polar surface area (TPSA) is 29.9 Å². The zero-order valence-corrected chi connectivity index (χ0v) is 11.6. The summed E-state index contributed by atoms with van der Waals surface area (Å²) in [4.78, 5) is 4.37. The minimum Gasteiger partial charge on any atom is -0.337 e. The molecule has 1 N–H and O–H groups in total. The molecule has 0 spiro atoms. The van der Waals surface area contributed by atoms with Gasteiger partial charge in [0.2, 0.25) is 0 Å². The summed E-state index contributed by atoms with van der Waals surface area (Å²) in [5.74, 6) is 0.911. The summed E-state index contributed by atoms with van der Waals surface area (Å²) in [7, 11) is 1.91. The SMILES string of the molecule is Cn1ccnc1CNCc1ccc(SC(F)(F)F)cc1. The van der Waals surface area contributed by atoms with Crippen LogP contribution in [-0.2, 0) is 20.1 Å². The maximum Gasteiger partial charge on any atom is 0.446 e. The van der Waals surface area contributed by atoms with Crippen molar-refractivity contribution in [3.63, 3.8) is 0 Å². The molecule has 0 atom stereocenters. The van der Waals surface area contributed by atoms with Crippen LogP contribution in [0.2, 0.25) is 0 Å². The quantitative estimate of drug-likeness (QED) is 0.859. The first kappa shape index (κ1) is 14.9. The molecule has 0 saturated heterocycles. The summed E-state index contributed by atoms with van der Waals surface area (Å²) in [5, 5.41) is 3.20. The van der Waals surface area contributed by atoms with E-state index in [4.69, 9.17) is 0 Å². The van der Waals surface area contributed by atoms with Crippen molar-refractivity contribution < 1.29 is 13.2 Å². The van der Waals surface area contributed by atoms with Gasteiger partial charge in [-0.3, -0.25) is 0 Å². The molecule has 108 valence electrons. The Hall–Kier alpha value is -1.47. The van der Waals surface area contributed by atoms with Crippen LogP contribution < -0.4 is 5.32 Å². The minimum atomic E-state index is -4.24. The van der Waals surface area contributed by atoms with Crippen LogP contribution in [0.25, 0.3) is 0 Å². The Morgan fingerprint density at radius 1 is 1.20 bits per heavy atom. The number of nitrogens with zero attached hydrogens (tertiary/aromatic N) is 2. The monoisotopic (exact) mass is 301 g/mol. The van der Waals surface area contributed by atoms with Crippen molar-refractivity contribution in [1.29, 1.82) is 0 Å². The van der Waals surface area contributed by atoms with Crippen molar-refractivity contribution in [1.82, 2.24) is 14.9 Å². The van der Waals surface area contributed by atoms with Gasteiger partial charge in [-0.05, 0) is 29.5 Å². The number of halogens is 3. The first-order valence-corrected chi connectivity index (χ1v) is 6.77. The first-order chi connectivity index (χ1) is 9.44. The Kier molecular flexibility index (Phi) is 4.72. The molecule has 0 amide bonds. The molecule has 0 aliphatic rings. The molecule has 0 aliphatic carbocycles. The molecule has 2 aromatic rings. The molecule has 0 fully saturated rings. The average molecular weight is 301 g/mol. The van der Waals surface area contributed by atoms with E-state index >= 15 is 0 Å². The molecular formula is C13H14F3N3S. The number of alkyl halides is 3. The van der Waals surface area contributed by atoms with Crippen LogP contribution in [0.4, 0.5) is 13.2 Å². The van der Waals surface area contributed by atoms with Gasteiger partial charge >= 0.3 is 5.51 Å². The number of benzene rings is 1. The summed E-state index contributed by atoms with van der Waals surface area (Å²) in [6.07, 6.45) is 3.58. The molecule has 1 aromatic heterocycles. The number of nitrogens with one attached hydrogen (secondary N) is 1. The summed E-state index contributed by atoms with van der Waals surface area (Å²) >= 11 is -0.100. The van der Waals surface area contributed by atoms with Crippen LogP contribution in [0.5, 0.6) is 0 Å². The Labute approximate surface area is 119 Å². The largest absolute Gasteiger partial charge is 0.446 e. The lowest BCUT2D eigenvalue weighted by Crippen LogP contribution is -2.15. The van der Waals surface area contributed by atoms with Crippen LogP contribution in [0.3, 0.4) is 0 Å². The zero-order valence-electron chi connectivity index (χ0n) is 10.8. The van der Waals surface area contributed by atoms with Crippen LogP contribution >= 0.6 is 11.8 Å². The second-order valence-corrected chi connectivity index (χ2v) is 5.39. The Morgan fingerprint density at radius 3 is 2.45 bits per heavy atom. The number of rotatable bonds is 5. The van der Waals surface area contributed by atoms with Gasteiger partial charge in [0.1, 0.15) is 5.82 Å². The molecule has 0 aliphatic heterocycles. The fourth-order valence-corrected chi connectivity index (χ4v) is 2.23. The molecule has 20 heavy (non-hydrogen) atoms. The van der Waals surface area contributed by atoms with Crippen molar-refractivity contribution in [2.75, 3.05) is 0 Å². The molecule has 0 saturated carbocycles. The van der Waals surface area contributed by atoms with E-state index in [9.17, 15) is 13.2 Å². The third kappa shape index (κ3) is 4.57. The van der Waals surface area contributed by atoms with Crippen molar-refractivity contribution in [3.8, 4) is 0 Å². The normalized spacial score (nSPS) is 11.8. The highest BCUT2D eigenvalue weighted by molar-refractivity contribution is 8.00. The number of aromatic nitrogens is 2. The number of imidazole rings is 1. The van der Waals surface area contributed by atoms with Crippen LogP contribution in [0, 0.1) is 0 Å². The van der Waals surface area contributed by atoms with Crippen molar-refractivity contribution in [3.05, 3.63) is 48.0 Å². The predicted molar refractivity (Wildman–Crippen MR) is 72.1 cm³/mol. The van der Waals surface area contributed by atoms with E-state index < -0.39 is 5.51 Å². The van der Waals surface area contributed by atoms with Gasteiger partial charge < -0.3 is 9.88 Å². The lowest BCUT2D eigenvalue weighted by atomic mass is 10.2. The van der Waals surface area contributed by atoms with Gasteiger partial charge in [-0.15, -0.1) is 0 Å². The first-order valence-electron chi connectivity index (χ1n) is 5.95. The van der Waals surface area contributed by atoms with Gasteiger partial charge in [0, 0.05) is 30.9 Å². The molecule has 7 heteroatoms. The van der Waals surface area contributed by atoms with E-state index in [2.05, 4.69) is 10.3 Å². The standard InChI is InChI=1S/C13H14F3N3S/c1-19-7-6-18-12(19)9-17-8-10-2-4-11(5-3-10)20-13(14,15)16/h2-7,17H,8-9H2,1H3. The van der Waals surface area contributed by atoms with E-state index in [1.54, 1.807) is 18.3 Å². The molecule has 1 aromatic carbocycles. The van der Waals surface area contributed by atoms with E-state index in [1.807, 2.05) is 17.8 Å². The van der Waals surface area contributed by atoms with Gasteiger partial charge in [0.05, 0.1) is 6.54 Å². The van der Waals surface area contributed by atoms with Gasteiger partial charge in [0.25, 0.3) is 0 Å². The highest BCUT2D eigenvalue weighted by Crippen LogP contribution is 2.36. The van der Waals surface area contributed by atoms with E-state index in [0.29, 0.717) is 13.1 Å². The number of hydrogen-bond donors (Lipinski definition) is 1. The number of aryl methyl sites for hydroxylation is 1. The van der Waals surface area contributed by atoms with Crippen molar-refractivity contribution >= 4 is 11.8 Å². The molecule has 0 bridgehead atoms. The van der Waals surface area contributed by atoms with Crippen molar-refractivity contribution in [2.45, 2.75) is 23.5 Å². The van der Waals surface area contributed by atoms with E-state index in [1.165, 1.54) is 12.1 Å². The average Bonchev–Trinajstić information content (AvgIpc) is 2.76. The fraction of sp³-hybridized carbons (Fsp3) is 0.308. The lowest BCUT2D eigenvalue weighted by molar-refractivity contribution is -0.0328. The minimum absolute atomic E-state index is 0.100. The molecule has 0 unspecified atom stereocenters. The third-order valence-corrected chi connectivity index (χ3v) is 3.43. The Bertz CT molecular complexity index is 549. The number of thioether (sulfide) groups is 1. The van der Waals surface area contributed by atoms with Gasteiger partial charge in [0.15, 0.2) is 0 Å². The second kappa shape index (κ2) is 6.32. The molecular weight excluding hydrogens is 287 g/mol. The lowest BCUT2D eigenvalue weighted by Gasteiger charge is -2.08. The van der Waals surface area contributed by atoms with E-state index in [-0.39, 0.29) is 16.7 Å². The van der Waals surface area contributed by atoms with Gasteiger partial charge in [-0.1, -0.05) is 12.1 Å². The summed E-state index contributed by atoms with van der Waals surface area (Å²) in [5.41, 5.74) is -3.30. The van der Waals surface area contributed by atoms with Crippen molar-refractivity contribution in [2.24, 2.45) is 7.05 Å².